The van der Waals surface area contributed by atoms with Crippen molar-refractivity contribution < 1.29 is 14.3 Å². The lowest BCUT2D eigenvalue weighted by Crippen LogP contribution is -1.97. The highest BCUT2D eigenvalue weighted by Gasteiger charge is 2.15. The van der Waals surface area contributed by atoms with Gasteiger partial charge in [0.15, 0.2) is 17.3 Å². The molecule has 2 heterocycles. The molecule has 3 rings (SSSR count). The van der Waals surface area contributed by atoms with Crippen LogP contribution in [-0.2, 0) is 0 Å². The van der Waals surface area contributed by atoms with Gasteiger partial charge in [0.2, 0.25) is 0 Å². The SMILES string of the molecule is O=C(/C=C/c1cc(Cl)c2c(c1)OCCCO2)c1cccnc1. The monoisotopic (exact) mass is 315 g/mol. The number of hydrogen-bond acceptors (Lipinski definition) is 4. The number of ketones is 1. The van der Waals surface area contributed by atoms with E-state index in [9.17, 15) is 4.79 Å². The molecular weight excluding hydrogens is 302 g/mol. The fraction of sp³-hybridized carbons (Fsp3) is 0.176. The van der Waals surface area contributed by atoms with E-state index < -0.39 is 0 Å². The molecule has 0 saturated heterocycles. The van der Waals surface area contributed by atoms with Crippen LogP contribution in [0.2, 0.25) is 5.02 Å². The zero-order valence-electron chi connectivity index (χ0n) is 11.8. The number of halogens is 1. The van der Waals surface area contributed by atoms with E-state index in [-0.39, 0.29) is 5.78 Å². The van der Waals surface area contributed by atoms with Crippen LogP contribution in [0.25, 0.3) is 6.08 Å². The van der Waals surface area contributed by atoms with Gasteiger partial charge >= 0.3 is 0 Å². The smallest absolute Gasteiger partial charge is 0.187 e. The Bertz CT molecular complexity index is 713. The number of pyridine rings is 1. The lowest BCUT2D eigenvalue weighted by Gasteiger charge is -2.09. The van der Waals surface area contributed by atoms with Gasteiger partial charge in [-0.05, 0) is 35.9 Å². The van der Waals surface area contributed by atoms with Crippen LogP contribution < -0.4 is 9.47 Å². The first-order valence-corrected chi connectivity index (χ1v) is 7.33. The molecule has 2 aromatic rings. The Hall–Kier alpha value is -2.33. The predicted octanol–water partition coefficient (Wildman–Crippen LogP) is 3.79. The van der Waals surface area contributed by atoms with E-state index in [1.54, 1.807) is 30.5 Å². The van der Waals surface area contributed by atoms with E-state index in [1.807, 2.05) is 6.07 Å². The summed E-state index contributed by atoms with van der Waals surface area (Å²) < 4.78 is 11.2. The van der Waals surface area contributed by atoms with Crippen molar-refractivity contribution in [3.8, 4) is 11.5 Å². The number of benzene rings is 1. The fourth-order valence-electron chi connectivity index (χ4n) is 2.12. The van der Waals surface area contributed by atoms with Gasteiger partial charge in [0, 0.05) is 24.4 Å². The molecule has 0 unspecified atom stereocenters. The average Bonchev–Trinajstić information content (AvgIpc) is 2.79. The maximum Gasteiger partial charge on any atom is 0.187 e. The number of fused-ring (bicyclic) bond motifs is 1. The predicted molar refractivity (Wildman–Crippen MR) is 84.7 cm³/mol. The Balaban J connectivity index is 1.84. The lowest BCUT2D eigenvalue weighted by atomic mass is 10.1. The molecule has 0 atom stereocenters. The molecule has 0 radical (unpaired) electrons. The zero-order valence-corrected chi connectivity index (χ0v) is 12.5. The number of aromatic nitrogens is 1. The molecule has 0 fully saturated rings. The Morgan fingerprint density at radius 2 is 2.14 bits per heavy atom. The fourth-order valence-corrected chi connectivity index (χ4v) is 2.40. The number of allylic oxidation sites excluding steroid dienone is 1. The van der Waals surface area contributed by atoms with Gasteiger partial charge in [-0.3, -0.25) is 9.78 Å². The largest absolute Gasteiger partial charge is 0.489 e. The highest BCUT2D eigenvalue weighted by molar-refractivity contribution is 6.32. The van der Waals surface area contributed by atoms with Crippen molar-refractivity contribution in [2.75, 3.05) is 13.2 Å². The summed E-state index contributed by atoms with van der Waals surface area (Å²) in [6.07, 6.45) is 7.18. The van der Waals surface area contributed by atoms with Crippen LogP contribution in [0.3, 0.4) is 0 Å². The second-order valence-corrected chi connectivity index (χ2v) is 5.23. The number of rotatable bonds is 3. The molecule has 112 valence electrons. The Kier molecular flexibility index (Phi) is 4.39. The van der Waals surface area contributed by atoms with Gasteiger partial charge in [-0.15, -0.1) is 0 Å². The van der Waals surface area contributed by atoms with Crippen LogP contribution in [0, 0.1) is 0 Å². The van der Waals surface area contributed by atoms with Crippen molar-refractivity contribution in [3.63, 3.8) is 0 Å². The molecule has 1 aliphatic heterocycles. The molecule has 0 aliphatic carbocycles. The van der Waals surface area contributed by atoms with E-state index in [0.717, 1.165) is 12.0 Å². The molecular formula is C17H14ClNO3. The van der Waals surface area contributed by atoms with E-state index in [1.165, 1.54) is 12.3 Å². The van der Waals surface area contributed by atoms with E-state index in [0.29, 0.717) is 35.3 Å². The van der Waals surface area contributed by atoms with Crippen molar-refractivity contribution in [1.29, 1.82) is 0 Å². The highest BCUT2D eigenvalue weighted by Crippen LogP contribution is 2.38. The summed E-state index contributed by atoms with van der Waals surface area (Å²) in [6.45, 7) is 1.17. The number of carbonyl (C=O) groups excluding carboxylic acids is 1. The molecule has 4 nitrogen and oxygen atoms in total. The van der Waals surface area contributed by atoms with Gasteiger partial charge in [0.05, 0.1) is 18.2 Å². The van der Waals surface area contributed by atoms with E-state index in [4.69, 9.17) is 21.1 Å². The molecule has 0 amide bonds. The molecule has 1 aromatic carbocycles. The minimum absolute atomic E-state index is 0.115. The van der Waals surface area contributed by atoms with Gasteiger partial charge < -0.3 is 9.47 Å². The first kappa shape index (κ1) is 14.6. The third kappa shape index (κ3) is 3.28. The molecule has 1 aliphatic rings. The second kappa shape index (κ2) is 6.62. The average molecular weight is 316 g/mol. The number of carbonyl (C=O) groups is 1. The van der Waals surface area contributed by atoms with Crippen molar-refractivity contribution >= 4 is 23.5 Å². The van der Waals surface area contributed by atoms with Crippen molar-refractivity contribution in [1.82, 2.24) is 4.98 Å². The van der Waals surface area contributed by atoms with E-state index >= 15 is 0 Å². The summed E-state index contributed by atoms with van der Waals surface area (Å²) in [5.74, 6) is 1.06. The van der Waals surface area contributed by atoms with Gasteiger partial charge in [0.1, 0.15) is 0 Å². The topological polar surface area (TPSA) is 48.4 Å². The van der Waals surface area contributed by atoms with Crippen LogP contribution in [0.15, 0.2) is 42.7 Å². The van der Waals surface area contributed by atoms with Crippen LogP contribution in [-0.4, -0.2) is 24.0 Å². The van der Waals surface area contributed by atoms with E-state index in [2.05, 4.69) is 4.98 Å². The standard InChI is InChI=1S/C17H14ClNO3/c18-14-9-12(10-16-17(14)22-8-2-7-21-16)4-5-15(20)13-3-1-6-19-11-13/h1,3-6,9-11H,2,7-8H2/b5-4+. The summed E-state index contributed by atoms with van der Waals surface area (Å²) in [6, 6.07) is 7.02. The molecule has 5 heteroatoms. The highest BCUT2D eigenvalue weighted by atomic mass is 35.5. The molecule has 0 spiro atoms. The van der Waals surface area contributed by atoms with Crippen molar-refractivity contribution in [2.24, 2.45) is 0 Å². The number of hydrogen-bond donors (Lipinski definition) is 0. The van der Waals surface area contributed by atoms with Gasteiger partial charge in [-0.1, -0.05) is 17.7 Å². The zero-order chi connectivity index (χ0) is 15.4. The van der Waals surface area contributed by atoms with Gasteiger partial charge in [0.25, 0.3) is 0 Å². The van der Waals surface area contributed by atoms with Crippen LogP contribution >= 0.6 is 11.6 Å². The molecule has 0 saturated carbocycles. The Morgan fingerprint density at radius 1 is 1.27 bits per heavy atom. The van der Waals surface area contributed by atoms with Crippen LogP contribution in [0.4, 0.5) is 0 Å². The maximum atomic E-state index is 12.0. The van der Waals surface area contributed by atoms with Crippen LogP contribution in [0.1, 0.15) is 22.3 Å². The third-order valence-corrected chi connectivity index (χ3v) is 3.48. The molecule has 0 N–H and O–H groups in total. The molecule has 1 aromatic heterocycles. The second-order valence-electron chi connectivity index (χ2n) is 4.82. The minimum Gasteiger partial charge on any atom is -0.489 e. The van der Waals surface area contributed by atoms with Gasteiger partial charge in [-0.25, -0.2) is 0 Å². The third-order valence-electron chi connectivity index (χ3n) is 3.20. The summed E-state index contributed by atoms with van der Waals surface area (Å²) in [5.41, 5.74) is 1.32. The molecule has 22 heavy (non-hydrogen) atoms. The molecule has 0 bridgehead atoms. The number of ether oxygens (including phenoxy) is 2. The van der Waals surface area contributed by atoms with Crippen molar-refractivity contribution in [3.05, 3.63) is 58.9 Å². The van der Waals surface area contributed by atoms with Crippen molar-refractivity contribution in [2.45, 2.75) is 6.42 Å². The minimum atomic E-state index is -0.115. The first-order chi connectivity index (χ1) is 10.7. The quantitative estimate of drug-likeness (QED) is 0.638. The summed E-state index contributed by atoms with van der Waals surface area (Å²) in [4.78, 5) is 16.0. The first-order valence-electron chi connectivity index (χ1n) is 6.95. The summed E-state index contributed by atoms with van der Waals surface area (Å²) in [7, 11) is 0. The summed E-state index contributed by atoms with van der Waals surface area (Å²) >= 11 is 6.22. The summed E-state index contributed by atoms with van der Waals surface area (Å²) in [5, 5.41) is 0.480. The Morgan fingerprint density at radius 3 is 2.95 bits per heavy atom. The lowest BCUT2D eigenvalue weighted by molar-refractivity contribution is 0.104. The van der Waals surface area contributed by atoms with Gasteiger partial charge in [-0.2, -0.15) is 0 Å². The number of nitrogens with zero attached hydrogens (tertiary/aromatic N) is 1. The maximum absolute atomic E-state index is 12.0. The Labute approximate surface area is 133 Å². The van der Waals surface area contributed by atoms with Crippen LogP contribution in [0.5, 0.6) is 11.5 Å². The normalized spacial score (nSPS) is 13.9.